The van der Waals surface area contributed by atoms with Crippen LogP contribution in [0.5, 0.6) is 0 Å². The second kappa shape index (κ2) is 73.0. The van der Waals surface area contributed by atoms with Crippen molar-refractivity contribution in [3.8, 4) is 0 Å². The average Bonchev–Trinajstić information content (AvgIpc) is 0.829. The van der Waals surface area contributed by atoms with Gasteiger partial charge in [-0.05, 0) is 278 Å². The molecule has 0 spiro atoms. The number of unbranched alkanes of at least 4 members (excludes halogenated alkanes) is 6. The van der Waals surface area contributed by atoms with Crippen molar-refractivity contribution in [2.75, 3.05) is 6.61 Å². The van der Waals surface area contributed by atoms with Gasteiger partial charge in [-0.25, -0.2) is 0 Å². The molecule has 5 saturated carbocycles. The molecule has 0 bridgehead atoms. The highest BCUT2D eigenvalue weighted by Gasteiger charge is 2.39. The zero-order chi connectivity index (χ0) is 97.5. The smallest absolute Gasteiger partial charge is 0.0568 e. The first-order valence-corrected chi connectivity index (χ1v) is 51.5. The van der Waals surface area contributed by atoms with Crippen LogP contribution in [0.4, 0.5) is 0 Å². The van der Waals surface area contributed by atoms with Gasteiger partial charge in [-0.15, -0.1) is 0 Å². The molecule has 5 fully saturated rings. The minimum atomic E-state index is -0.500. The third kappa shape index (κ3) is 72.1. The van der Waals surface area contributed by atoms with Gasteiger partial charge in [-0.2, -0.15) is 0 Å². The van der Waals surface area contributed by atoms with E-state index in [-0.39, 0.29) is 133 Å². The summed E-state index contributed by atoms with van der Waals surface area (Å²) in [5, 5.41) is 120. The first-order chi connectivity index (χ1) is 55.7. The Bertz CT molecular complexity index is 2170. The highest BCUT2D eigenvalue weighted by Crippen LogP contribution is 2.47. The van der Waals surface area contributed by atoms with Crippen molar-refractivity contribution in [2.24, 2.45) is 65.5 Å². The van der Waals surface area contributed by atoms with Gasteiger partial charge in [-0.1, -0.05) is 346 Å². The molecule has 5 aliphatic carbocycles. The van der Waals surface area contributed by atoms with Crippen molar-refractivity contribution in [1.82, 2.24) is 0 Å². The number of aliphatic hydroxyl groups is 13. The number of hydrogen-bond donors (Lipinski definition) is 13. The third-order valence-electron chi connectivity index (χ3n) is 29.3. The highest BCUT2D eigenvalue weighted by atomic mass is 16.3. The highest BCUT2D eigenvalue weighted by molar-refractivity contribution is 4.91. The minimum Gasteiger partial charge on any atom is -0.396 e. The van der Waals surface area contributed by atoms with Gasteiger partial charge in [0.25, 0.3) is 0 Å². The molecule has 0 aromatic heterocycles. The Labute approximate surface area is 766 Å². The number of hydrogen-bond acceptors (Lipinski definition) is 13. The predicted molar refractivity (Wildman–Crippen MR) is 537 cm³/mol. The molecule has 5 rings (SSSR count). The zero-order valence-electron chi connectivity index (χ0n) is 90.3. The van der Waals surface area contributed by atoms with E-state index in [1.54, 1.807) is 34.6 Å². The number of aliphatic hydroxyl groups excluding tert-OH is 12. The fraction of sp³-hybridized carbons (Fsp3) is 1.00. The standard InChI is InChI=1S/C13H26O.C12H24O.C11H22O.C10H20O.C10H22O.C9H18O.C9H20O.C8H18O.C7H16O.C6H14O.2C5H12O.C4H10O/c1-3-4-6-9-13(12(2)14)10-7-5-8-11-13;1-3-4-8-12(11(2)13)9-6-5-7-10-12;1-3-7-11(10(2)12)8-5-4-6-9-11;1-3-10(9(2)11)7-5-4-6-8-10;1-5-6-7-8-10(3,4)9(2)11;1-8(10)9(2)6-4-3-5-7-9;1-5-6-7-9(3,4)8(2)10;1-5-6-8(3,4)7(2)9;1-5-7(3,4)6(2)8;1-5(7)6(2,3)4;1-5(2,3)4-6;1-4(2)5(3)6;1-4(2,3)5/h12,14H,3-11H2,1-2H3;11,13H,3-10H2,1-2H3;10,12H,3-9H2,1-2H3;9,11H,3-8H2,1-2H3;9,11H,5-8H2,1-4H3;8,10H,3-7H2,1-2H3;8,10H,5-7H2,1-4H3;7,9H,5-6H2,1-4H3;6,8H,5H2,1-4H3;5,7H,1-4H3;6H,4H2,1-3H3;4-6H,1-3H3;5H,1-3H3. The molecule has 0 amide bonds. The fourth-order valence-electron chi connectivity index (χ4n) is 15.3. The van der Waals surface area contributed by atoms with Crippen molar-refractivity contribution in [3.05, 3.63) is 0 Å². The summed E-state index contributed by atoms with van der Waals surface area (Å²) < 4.78 is 0. The van der Waals surface area contributed by atoms with Gasteiger partial charge in [0.2, 0.25) is 0 Å². The lowest BCUT2D eigenvalue weighted by molar-refractivity contribution is 0.000116. The lowest BCUT2D eigenvalue weighted by Gasteiger charge is -2.40. The van der Waals surface area contributed by atoms with Crippen LogP contribution in [-0.2, 0) is 0 Å². The first kappa shape index (κ1) is 137. The van der Waals surface area contributed by atoms with E-state index < -0.39 is 5.60 Å². The molecule has 13 heteroatoms. The zero-order valence-corrected chi connectivity index (χ0v) is 90.3. The Balaban J connectivity index is -0.000000194. The largest absolute Gasteiger partial charge is 0.396 e. The Morgan fingerprint density at radius 3 is 0.680 bits per heavy atom. The average molecular weight is 1750 g/mol. The first-order valence-electron chi connectivity index (χ1n) is 51.5. The Morgan fingerprint density at radius 2 is 0.508 bits per heavy atom. The van der Waals surface area contributed by atoms with Crippen LogP contribution in [0, 0.1) is 65.5 Å². The maximum atomic E-state index is 9.93. The Hall–Kier alpha value is -0.520. The van der Waals surface area contributed by atoms with Gasteiger partial charge in [0, 0.05) is 6.61 Å². The summed E-state index contributed by atoms with van der Waals surface area (Å²) in [6, 6.07) is 0. The molecular formula is C109H234O13. The SMILES string of the molecule is CC(C)(C)CO.CC(C)(C)O.CC(C)C(C)O.CC(O)C(C)(C)C.CC(O)C1(C)CCCCC1.CCC(C)(C)C(C)O.CCC1(C(C)O)CCCCC1.CCCC(C)(C)C(C)O.CCCC1(C(C)O)CCCCC1.CCCCC(C)(C)C(C)O.CCCCC1(C(C)O)CCCCC1.CCCCCC(C)(C)C(C)O.CCCCCC1(C(C)O)CCCCC1. The van der Waals surface area contributed by atoms with Crippen LogP contribution in [-0.4, -0.2) is 146 Å². The van der Waals surface area contributed by atoms with E-state index in [4.69, 9.17) is 25.5 Å². The maximum Gasteiger partial charge on any atom is 0.0568 e. The minimum absolute atomic E-state index is 0.0556. The van der Waals surface area contributed by atoms with Gasteiger partial charge < -0.3 is 66.4 Å². The van der Waals surface area contributed by atoms with Crippen molar-refractivity contribution in [3.63, 3.8) is 0 Å². The summed E-state index contributed by atoms with van der Waals surface area (Å²) in [5.74, 6) is 0.407. The molecule has 122 heavy (non-hydrogen) atoms. The van der Waals surface area contributed by atoms with Gasteiger partial charge in [0.1, 0.15) is 0 Å². The van der Waals surface area contributed by atoms with E-state index in [0.29, 0.717) is 5.92 Å². The number of rotatable bonds is 30. The summed E-state index contributed by atoms with van der Waals surface area (Å²) in [4.78, 5) is 0. The Kier molecular flexibility index (Phi) is 81.9. The van der Waals surface area contributed by atoms with Crippen LogP contribution < -0.4 is 0 Å². The Morgan fingerprint density at radius 1 is 0.270 bits per heavy atom. The van der Waals surface area contributed by atoms with Crippen LogP contribution in [0.3, 0.4) is 0 Å². The summed E-state index contributed by atoms with van der Waals surface area (Å²) in [5.41, 5.74) is 1.44. The van der Waals surface area contributed by atoms with Crippen LogP contribution in [0.15, 0.2) is 0 Å². The molecule has 5 aliphatic rings. The van der Waals surface area contributed by atoms with Crippen molar-refractivity contribution in [1.29, 1.82) is 0 Å². The van der Waals surface area contributed by atoms with E-state index in [0.717, 1.165) is 38.5 Å². The van der Waals surface area contributed by atoms with Crippen LogP contribution in [0.25, 0.3) is 0 Å². The summed E-state index contributed by atoms with van der Waals surface area (Å²) in [6.45, 7) is 78.9. The second-order valence-corrected chi connectivity index (χ2v) is 46.2. The van der Waals surface area contributed by atoms with Crippen molar-refractivity contribution < 1.29 is 66.4 Å². The van der Waals surface area contributed by atoms with Crippen LogP contribution >= 0.6 is 0 Å². The van der Waals surface area contributed by atoms with E-state index in [9.17, 15) is 40.9 Å². The lowest BCUT2D eigenvalue weighted by atomic mass is 9.68. The molecule has 13 nitrogen and oxygen atoms in total. The molecule has 0 radical (unpaired) electrons. The third-order valence-corrected chi connectivity index (χ3v) is 29.3. The van der Waals surface area contributed by atoms with Crippen LogP contribution in [0.1, 0.15) is 559 Å². The molecule has 11 unspecified atom stereocenters. The maximum absolute atomic E-state index is 9.93. The molecule has 0 saturated heterocycles. The van der Waals surface area contributed by atoms with E-state index in [1.165, 1.54) is 250 Å². The van der Waals surface area contributed by atoms with Crippen molar-refractivity contribution in [2.45, 2.75) is 632 Å². The molecule has 0 aromatic rings. The monoisotopic (exact) mass is 1750 g/mol. The van der Waals surface area contributed by atoms with Gasteiger partial charge in [0.05, 0.1) is 72.7 Å². The van der Waals surface area contributed by atoms with Crippen molar-refractivity contribution >= 4 is 0 Å². The summed E-state index contributed by atoms with van der Waals surface area (Å²) in [7, 11) is 0. The predicted octanol–water partition coefficient (Wildman–Crippen LogP) is 29.4. The molecule has 11 atom stereocenters. The topological polar surface area (TPSA) is 263 Å². The quantitative estimate of drug-likeness (QED) is 0.0299. The fourth-order valence-corrected chi connectivity index (χ4v) is 15.3. The van der Waals surface area contributed by atoms with Crippen LogP contribution in [0.2, 0.25) is 0 Å². The summed E-state index contributed by atoms with van der Waals surface area (Å²) >= 11 is 0. The second-order valence-electron chi connectivity index (χ2n) is 46.2. The van der Waals surface area contributed by atoms with Gasteiger partial charge >= 0.3 is 0 Å². The van der Waals surface area contributed by atoms with E-state index >= 15 is 0 Å². The van der Waals surface area contributed by atoms with E-state index in [2.05, 4.69) is 118 Å². The molecular weight excluding hydrogens is 1520 g/mol. The lowest BCUT2D eigenvalue weighted by Crippen LogP contribution is -2.35. The van der Waals surface area contributed by atoms with E-state index in [1.807, 2.05) is 118 Å². The molecule has 0 heterocycles. The normalized spacial score (nSPS) is 20.0. The molecule has 748 valence electrons. The molecule has 13 N–H and O–H groups in total. The van der Waals surface area contributed by atoms with Gasteiger partial charge in [0.15, 0.2) is 0 Å². The van der Waals surface area contributed by atoms with Gasteiger partial charge in [-0.3, -0.25) is 0 Å². The molecule has 0 aromatic carbocycles. The summed E-state index contributed by atoms with van der Waals surface area (Å²) in [6.07, 6.45) is 55.2. The molecule has 0 aliphatic heterocycles.